The summed E-state index contributed by atoms with van der Waals surface area (Å²) in [5.41, 5.74) is 6.54. The highest BCUT2D eigenvalue weighted by atomic mass is 16.2. The van der Waals surface area contributed by atoms with E-state index in [4.69, 9.17) is 5.73 Å². The van der Waals surface area contributed by atoms with E-state index in [1.54, 1.807) is 0 Å². The molecule has 3 amide bonds. The predicted molar refractivity (Wildman–Crippen MR) is 104 cm³/mol. The second-order valence-corrected chi connectivity index (χ2v) is 8.13. The van der Waals surface area contributed by atoms with Crippen molar-refractivity contribution in [3.8, 4) is 0 Å². The van der Waals surface area contributed by atoms with Crippen molar-refractivity contribution in [2.45, 2.75) is 71.4 Å². The van der Waals surface area contributed by atoms with Crippen LogP contribution in [0.5, 0.6) is 0 Å². The maximum Gasteiger partial charge on any atom is 0.312 e. The van der Waals surface area contributed by atoms with Gasteiger partial charge in [-0.15, -0.1) is 0 Å². The Labute approximate surface area is 157 Å². The van der Waals surface area contributed by atoms with Gasteiger partial charge in [0.1, 0.15) is 0 Å². The van der Waals surface area contributed by atoms with Crippen molar-refractivity contribution in [2.75, 3.05) is 0 Å². The first kappa shape index (κ1) is 20.3. The summed E-state index contributed by atoms with van der Waals surface area (Å²) >= 11 is 0. The number of amides is 3. The van der Waals surface area contributed by atoms with Crippen LogP contribution in [0.2, 0.25) is 0 Å². The first-order chi connectivity index (χ1) is 12.3. The Hall–Kier alpha value is -2.04. The number of rotatable bonds is 7. The number of hydrogen-bond acceptors (Lipinski definition) is 2. The molecule has 0 spiro atoms. The third-order valence-electron chi connectivity index (χ3n) is 6.02. The number of hydrogen-bond donors (Lipinski definition) is 3. The van der Waals surface area contributed by atoms with Gasteiger partial charge in [0.2, 0.25) is 5.91 Å². The fourth-order valence-electron chi connectivity index (χ4n) is 3.89. The second kappa shape index (κ2) is 9.06. The quantitative estimate of drug-likeness (QED) is 0.690. The molecule has 0 radical (unpaired) electrons. The van der Waals surface area contributed by atoms with Crippen LogP contribution in [0.25, 0.3) is 0 Å². The molecular formula is C21H33N3O2. The minimum atomic E-state index is -0.617. The summed E-state index contributed by atoms with van der Waals surface area (Å²) in [6.07, 6.45) is 5.76. The number of carbonyl (C=O) groups is 2. The lowest BCUT2D eigenvalue weighted by atomic mass is 9.69. The monoisotopic (exact) mass is 359 g/mol. The molecule has 5 heteroatoms. The van der Waals surface area contributed by atoms with E-state index in [1.165, 1.54) is 6.42 Å². The van der Waals surface area contributed by atoms with Gasteiger partial charge in [-0.05, 0) is 42.6 Å². The van der Waals surface area contributed by atoms with Crippen molar-refractivity contribution in [2.24, 2.45) is 17.1 Å². The lowest BCUT2D eigenvalue weighted by Crippen LogP contribution is -2.42. The highest BCUT2D eigenvalue weighted by Crippen LogP contribution is 2.40. The fourth-order valence-corrected chi connectivity index (χ4v) is 3.89. The largest absolute Gasteiger partial charge is 0.353 e. The van der Waals surface area contributed by atoms with Crippen LogP contribution in [0, 0.1) is 11.3 Å². The van der Waals surface area contributed by atoms with Gasteiger partial charge in [0.15, 0.2) is 0 Å². The van der Waals surface area contributed by atoms with E-state index in [9.17, 15) is 9.59 Å². The van der Waals surface area contributed by atoms with E-state index < -0.39 is 12.1 Å². The van der Waals surface area contributed by atoms with E-state index in [-0.39, 0.29) is 18.4 Å². The molecule has 1 aromatic rings. The molecule has 0 heterocycles. The maximum atomic E-state index is 12.5. The Balaban J connectivity index is 1.88. The summed E-state index contributed by atoms with van der Waals surface area (Å²) in [4.78, 5) is 23.8. The summed E-state index contributed by atoms with van der Waals surface area (Å²) in [6.45, 7) is 6.94. The predicted octanol–water partition coefficient (Wildman–Crippen LogP) is 3.90. The zero-order valence-electron chi connectivity index (χ0n) is 16.3. The molecule has 144 valence electrons. The molecule has 1 atom stereocenters. The van der Waals surface area contributed by atoms with Crippen LogP contribution in [-0.2, 0) is 4.79 Å². The number of benzene rings is 1. The lowest BCUT2D eigenvalue weighted by Gasteiger charge is -2.39. The van der Waals surface area contributed by atoms with Crippen molar-refractivity contribution < 1.29 is 9.59 Å². The van der Waals surface area contributed by atoms with Crippen LogP contribution in [0.4, 0.5) is 4.79 Å². The third-order valence-corrected chi connectivity index (χ3v) is 6.02. The molecule has 1 aromatic carbocycles. The van der Waals surface area contributed by atoms with Crippen molar-refractivity contribution in [1.82, 2.24) is 10.6 Å². The first-order valence-electron chi connectivity index (χ1n) is 9.72. The normalized spacial score (nSPS) is 21.7. The van der Waals surface area contributed by atoms with Crippen molar-refractivity contribution in [3.05, 3.63) is 35.9 Å². The van der Waals surface area contributed by atoms with E-state index in [0.717, 1.165) is 37.2 Å². The molecule has 0 bridgehead atoms. The molecule has 0 unspecified atom stereocenters. The van der Waals surface area contributed by atoms with Gasteiger partial charge in [0.05, 0.1) is 12.5 Å². The van der Waals surface area contributed by atoms with Crippen LogP contribution in [0.3, 0.4) is 0 Å². The summed E-state index contributed by atoms with van der Waals surface area (Å²) in [6, 6.07) is 8.69. The van der Waals surface area contributed by atoms with Gasteiger partial charge in [-0.1, -0.05) is 57.5 Å². The Bertz CT molecular complexity index is 593. The molecular weight excluding hydrogens is 326 g/mol. The van der Waals surface area contributed by atoms with Gasteiger partial charge in [0.25, 0.3) is 0 Å². The molecule has 0 aliphatic heterocycles. The molecule has 1 aliphatic carbocycles. The zero-order chi connectivity index (χ0) is 19.2. The van der Waals surface area contributed by atoms with Crippen molar-refractivity contribution in [1.29, 1.82) is 0 Å². The maximum absolute atomic E-state index is 12.5. The Kier molecular flexibility index (Phi) is 7.06. The van der Waals surface area contributed by atoms with Crippen LogP contribution < -0.4 is 16.4 Å². The minimum absolute atomic E-state index is 0.0363. The number of nitrogens with one attached hydrogen (secondary N) is 2. The minimum Gasteiger partial charge on any atom is -0.353 e. The van der Waals surface area contributed by atoms with Gasteiger partial charge in [-0.2, -0.15) is 0 Å². The van der Waals surface area contributed by atoms with Gasteiger partial charge < -0.3 is 16.4 Å². The molecule has 0 saturated heterocycles. The zero-order valence-corrected chi connectivity index (χ0v) is 16.3. The average molecular weight is 360 g/mol. The van der Waals surface area contributed by atoms with Gasteiger partial charge in [0, 0.05) is 6.04 Å². The molecule has 1 fully saturated rings. The van der Waals surface area contributed by atoms with Crippen LogP contribution in [0.15, 0.2) is 30.3 Å². The van der Waals surface area contributed by atoms with Gasteiger partial charge in [-0.25, -0.2) is 4.79 Å². The number of nitrogens with two attached hydrogens (primary N) is 1. The van der Waals surface area contributed by atoms with Crippen LogP contribution in [0.1, 0.15) is 70.9 Å². The Morgan fingerprint density at radius 1 is 1.15 bits per heavy atom. The molecule has 0 aromatic heterocycles. The number of urea groups is 1. The number of carbonyl (C=O) groups excluding carboxylic acids is 2. The second-order valence-electron chi connectivity index (χ2n) is 8.13. The summed E-state index contributed by atoms with van der Waals surface area (Å²) in [7, 11) is 0. The molecule has 4 N–H and O–H groups in total. The lowest BCUT2D eigenvalue weighted by molar-refractivity contribution is -0.122. The topological polar surface area (TPSA) is 84.2 Å². The SMILES string of the molecule is CCC(C)(C)C1CCC(NC(=O)C[C@H](NC(N)=O)c2ccccc2)CC1. The first-order valence-corrected chi connectivity index (χ1v) is 9.72. The molecule has 5 nitrogen and oxygen atoms in total. The van der Waals surface area contributed by atoms with Crippen molar-refractivity contribution >= 4 is 11.9 Å². The number of primary amides is 1. The van der Waals surface area contributed by atoms with Crippen LogP contribution >= 0.6 is 0 Å². The van der Waals surface area contributed by atoms with Gasteiger partial charge >= 0.3 is 6.03 Å². The van der Waals surface area contributed by atoms with E-state index in [0.29, 0.717) is 5.41 Å². The third kappa shape index (κ3) is 5.75. The molecule has 2 rings (SSSR count). The van der Waals surface area contributed by atoms with E-state index in [2.05, 4.69) is 31.4 Å². The van der Waals surface area contributed by atoms with Gasteiger partial charge in [-0.3, -0.25) is 4.79 Å². The smallest absolute Gasteiger partial charge is 0.312 e. The van der Waals surface area contributed by atoms with E-state index >= 15 is 0 Å². The molecule has 26 heavy (non-hydrogen) atoms. The summed E-state index contributed by atoms with van der Waals surface area (Å²) < 4.78 is 0. The highest BCUT2D eigenvalue weighted by molar-refractivity contribution is 5.79. The van der Waals surface area contributed by atoms with Crippen molar-refractivity contribution in [3.63, 3.8) is 0 Å². The average Bonchev–Trinajstić information content (AvgIpc) is 2.62. The Morgan fingerprint density at radius 3 is 2.31 bits per heavy atom. The van der Waals surface area contributed by atoms with Crippen LogP contribution in [-0.4, -0.2) is 18.0 Å². The standard InChI is InChI=1S/C21H33N3O2/c1-4-21(2,3)16-10-12-17(13-11-16)23-19(25)14-18(24-20(22)26)15-8-6-5-7-9-15/h5-9,16-18H,4,10-14H2,1-3H3,(H,23,25)(H3,22,24,26)/t16?,17?,18-/m0/s1. The summed E-state index contributed by atoms with van der Waals surface area (Å²) in [5, 5.41) is 5.83. The molecule has 1 saturated carbocycles. The fraction of sp³-hybridized carbons (Fsp3) is 0.619. The molecule has 1 aliphatic rings. The summed E-state index contributed by atoms with van der Waals surface area (Å²) in [5.74, 6) is 0.694. The highest BCUT2D eigenvalue weighted by Gasteiger charge is 2.32. The van der Waals surface area contributed by atoms with E-state index in [1.807, 2.05) is 30.3 Å². The Morgan fingerprint density at radius 2 is 1.77 bits per heavy atom.